The third kappa shape index (κ3) is 2.63. The Kier molecular flexibility index (Phi) is 3.61. The van der Waals surface area contributed by atoms with Crippen LogP contribution >= 0.6 is 11.6 Å². The van der Waals surface area contributed by atoms with Gasteiger partial charge >= 0.3 is 0 Å². The fourth-order valence-corrected chi connectivity index (χ4v) is 2.33. The number of nitrogens with zero attached hydrogens (tertiary/aromatic N) is 2. The normalized spacial score (nSPS) is 18.8. The monoisotopic (exact) mass is 283 g/mol. The Hall–Kier alpha value is -1.82. The first-order chi connectivity index (χ1) is 8.90. The molecule has 1 unspecified atom stereocenters. The molecule has 0 aliphatic carbocycles. The molecule has 1 aliphatic heterocycles. The second-order valence-corrected chi connectivity index (χ2v) is 5.03. The number of likely N-dealkylation sites (N-methyl/N-ethyl adjacent to an activating group) is 1. The van der Waals surface area contributed by atoms with Crippen molar-refractivity contribution in [3.05, 3.63) is 32.8 Å². The predicted molar refractivity (Wildman–Crippen MR) is 72.5 cm³/mol. The van der Waals surface area contributed by atoms with Crippen molar-refractivity contribution in [1.82, 2.24) is 4.90 Å². The molecule has 0 saturated carbocycles. The molecule has 7 heteroatoms. The third-order valence-corrected chi connectivity index (χ3v) is 3.55. The van der Waals surface area contributed by atoms with Crippen LogP contribution in [0.4, 0.5) is 11.4 Å². The zero-order valence-corrected chi connectivity index (χ0v) is 11.4. The van der Waals surface area contributed by atoms with Gasteiger partial charge in [-0.1, -0.05) is 11.6 Å². The van der Waals surface area contributed by atoms with E-state index in [1.54, 1.807) is 24.9 Å². The van der Waals surface area contributed by atoms with Crippen molar-refractivity contribution in [2.24, 2.45) is 0 Å². The number of hydrogen-bond acceptors (Lipinski definition) is 4. The first-order valence-corrected chi connectivity index (χ1v) is 6.24. The van der Waals surface area contributed by atoms with Crippen LogP contribution in [0.25, 0.3) is 0 Å². The van der Waals surface area contributed by atoms with Crippen LogP contribution in [0.3, 0.4) is 0 Å². The molecule has 1 N–H and O–H groups in total. The smallest absolute Gasteiger partial charge is 0.273 e. The number of nitro benzene ring substituents is 1. The first-order valence-electron chi connectivity index (χ1n) is 5.86. The molecule has 19 heavy (non-hydrogen) atoms. The van der Waals surface area contributed by atoms with Crippen LogP contribution in [0.5, 0.6) is 0 Å². The number of nitrogens with one attached hydrogen (secondary N) is 1. The standard InChI is InChI=1S/C12H14ClN3O3/c1-7-5-10(8(13)6-11(7)16(18)19)14-9-3-4-15(2)12(9)17/h5-6,9,14H,3-4H2,1-2H3. The number of nitro groups is 1. The van der Waals surface area contributed by atoms with Crippen LogP contribution in [0, 0.1) is 17.0 Å². The topological polar surface area (TPSA) is 75.5 Å². The van der Waals surface area contributed by atoms with Gasteiger partial charge in [-0.05, 0) is 19.4 Å². The fraction of sp³-hybridized carbons (Fsp3) is 0.417. The summed E-state index contributed by atoms with van der Waals surface area (Å²) in [5, 5.41) is 14.1. The molecule has 1 aromatic rings. The van der Waals surface area contributed by atoms with E-state index in [2.05, 4.69) is 5.32 Å². The average molecular weight is 284 g/mol. The SMILES string of the molecule is Cc1cc(NC2CCN(C)C2=O)c(Cl)cc1[N+](=O)[O-]. The lowest BCUT2D eigenvalue weighted by atomic mass is 10.1. The summed E-state index contributed by atoms with van der Waals surface area (Å²) in [4.78, 5) is 23.8. The summed E-state index contributed by atoms with van der Waals surface area (Å²) in [5.41, 5.74) is 1.04. The van der Waals surface area contributed by atoms with Crippen molar-refractivity contribution in [3.63, 3.8) is 0 Å². The van der Waals surface area contributed by atoms with Gasteiger partial charge in [-0.2, -0.15) is 0 Å². The van der Waals surface area contributed by atoms with Gasteiger partial charge in [0.25, 0.3) is 5.69 Å². The Morgan fingerprint density at radius 2 is 2.21 bits per heavy atom. The summed E-state index contributed by atoms with van der Waals surface area (Å²) in [7, 11) is 1.74. The minimum atomic E-state index is -0.473. The quantitative estimate of drug-likeness (QED) is 0.681. The van der Waals surface area contributed by atoms with E-state index in [1.165, 1.54) is 6.07 Å². The van der Waals surface area contributed by atoms with Gasteiger partial charge in [-0.3, -0.25) is 14.9 Å². The summed E-state index contributed by atoms with van der Waals surface area (Å²) in [6.07, 6.45) is 0.696. The van der Waals surface area contributed by atoms with E-state index < -0.39 is 4.92 Å². The van der Waals surface area contributed by atoms with Crippen LogP contribution in [-0.2, 0) is 4.79 Å². The van der Waals surface area contributed by atoms with Gasteiger partial charge in [-0.15, -0.1) is 0 Å². The molecular formula is C12H14ClN3O3. The van der Waals surface area contributed by atoms with E-state index in [9.17, 15) is 14.9 Å². The maximum Gasteiger partial charge on any atom is 0.273 e. The lowest BCUT2D eigenvalue weighted by Gasteiger charge is -2.15. The van der Waals surface area contributed by atoms with Crippen molar-refractivity contribution in [3.8, 4) is 0 Å². The van der Waals surface area contributed by atoms with E-state index in [4.69, 9.17) is 11.6 Å². The molecule has 1 atom stereocenters. The van der Waals surface area contributed by atoms with E-state index in [0.717, 1.165) is 0 Å². The molecule has 102 valence electrons. The van der Waals surface area contributed by atoms with Crippen LogP contribution in [0.15, 0.2) is 12.1 Å². The summed E-state index contributed by atoms with van der Waals surface area (Å²) in [6.45, 7) is 2.34. The van der Waals surface area contributed by atoms with Gasteiger partial charge < -0.3 is 10.2 Å². The Balaban J connectivity index is 2.24. The highest BCUT2D eigenvalue weighted by Crippen LogP contribution is 2.31. The van der Waals surface area contributed by atoms with Crippen molar-refractivity contribution in [2.75, 3.05) is 18.9 Å². The number of carbonyl (C=O) groups excluding carboxylic acids is 1. The molecular weight excluding hydrogens is 270 g/mol. The highest BCUT2D eigenvalue weighted by Gasteiger charge is 2.29. The minimum Gasteiger partial charge on any atom is -0.372 e. The summed E-state index contributed by atoms with van der Waals surface area (Å²) < 4.78 is 0. The molecule has 2 rings (SSSR count). The number of benzene rings is 1. The molecule has 0 radical (unpaired) electrons. The average Bonchev–Trinajstić information content (AvgIpc) is 2.65. The van der Waals surface area contributed by atoms with E-state index in [0.29, 0.717) is 24.2 Å². The van der Waals surface area contributed by atoms with Crippen molar-refractivity contribution < 1.29 is 9.72 Å². The number of anilines is 1. The molecule has 0 aromatic heterocycles. The van der Waals surface area contributed by atoms with Gasteiger partial charge in [0.15, 0.2) is 0 Å². The Labute approximate surface area is 115 Å². The number of halogens is 1. The molecule has 1 saturated heterocycles. The highest BCUT2D eigenvalue weighted by atomic mass is 35.5. The molecule has 0 spiro atoms. The lowest BCUT2D eigenvalue weighted by molar-refractivity contribution is -0.385. The van der Waals surface area contributed by atoms with Crippen LogP contribution in [-0.4, -0.2) is 35.4 Å². The summed E-state index contributed by atoms with van der Waals surface area (Å²) in [6, 6.07) is 2.59. The highest BCUT2D eigenvalue weighted by molar-refractivity contribution is 6.33. The molecule has 6 nitrogen and oxygen atoms in total. The maximum absolute atomic E-state index is 11.8. The number of carbonyl (C=O) groups is 1. The largest absolute Gasteiger partial charge is 0.372 e. The van der Waals surface area contributed by atoms with Gasteiger partial charge in [0.2, 0.25) is 5.91 Å². The van der Waals surface area contributed by atoms with E-state index in [1.807, 2.05) is 0 Å². The van der Waals surface area contributed by atoms with E-state index in [-0.39, 0.29) is 22.7 Å². The Bertz CT molecular complexity index is 547. The van der Waals surface area contributed by atoms with Gasteiger partial charge in [0.1, 0.15) is 6.04 Å². The number of aryl methyl sites for hydroxylation is 1. The molecule has 0 bridgehead atoms. The number of rotatable bonds is 3. The van der Waals surface area contributed by atoms with E-state index >= 15 is 0 Å². The zero-order chi connectivity index (χ0) is 14.2. The third-order valence-electron chi connectivity index (χ3n) is 3.24. The number of likely N-dealkylation sites (tertiary alicyclic amines) is 1. The Morgan fingerprint density at radius 1 is 1.53 bits per heavy atom. The molecule has 1 amide bonds. The Morgan fingerprint density at radius 3 is 2.74 bits per heavy atom. The summed E-state index contributed by atoms with van der Waals surface area (Å²) >= 11 is 6.02. The summed E-state index contributed by atoms with van der Waals surface area (Å²) in [5.74, 6) is 0.00655. The predicted octanol–water partition coefficient (Wildman–Crippen LogP) is 2.20. The molecule has 1 fully saturated rings. The van der Waals surface area contributed by atoms with Crippen molar-refractivity contribution in [2.45, 2.75) is 19.4 Å². The number of hydrogen-bond donors (Lipinski definition) is 1. The first kappa shape index (κ1) is 13.6. The maximum atomic E-state index is 11.8. The van der Waals surface area contributed by atoms with Crippen LogP contribution < -0.4 is 5.32 Å². The zero-order valence-electron chi connectivity index (χ0n) is 10.6. The lowest BCUT2D eigenvalue weighted by Crippen LogP contribution is -2.31. The second kappa shape index (κ2) is 5.05. The molecule has 1 aromatic carbocycles. The van der Waals surface area contributed by atoms with Crippen molar-refractivity contribution >= 4 is 28.9 Å². The van der Waals surface area contributed by atoms with Gasteiger partial charge in [-0.25, -0.2) is 0 Å². The molecule has 1 aliphatic rings. The second-order valence-electron chi connectivity index (χ2n) is 4.62. The van der Waals surface area contributed by atoms with Gasteiger partial charge in [0.05, 0.1) is 15.6 Å². The van der Waals surface area contributed by atoms with Gasteiger partial charge in [0, 0.05) is 25.2 Å². The number of amides is 1. The minimum absolute atomic E-state index is 0.00655. The van der Waals surface area contributed by atoms with Crippen molar-refractivity contribution in [1.29, 1.82) is 0 Å². The fourth-order valence-electron chi connectivity index (χ4n) is 2.12. The van der Waals surface area contributed by atoms with Crippen LogP contribution in [0.2, 0.25) is 5.02 Å². The molecule has 1 heterocycles. The van der Waals surface area contributed by atoms with Crippen LogP contribution in [0.1, 0.15) is 12.0 Å².